The summed E-state index contributed by atoms with van der Waals surface area (Å²) in [6, 6.07) is 3.47. The van der Waals surface area contributed by atoms with Crippen molar-refractivity contribution in [3.8, 4) is 0 Å². The highest BCUT2D eigenvalue weighted by Gasteiger charge is 2.36. The first-order chi connectivity index (χ1) is 10.5. The molecule has 0 spiro atoms. The number of rotatable bonds is 3. The zero-order valence-corrected chi connectivity index (χ0v) is 12.1. The molecule has 3 atom stereocenters. The lowest BCUT2D eigenvalue weighted by Gasteiger charge is -2.46. The third kappa shape index (κ3) is 2.79. The van der Waals surface area contributed by atoms with Crippen molar-refractivity contribution < 1.29 is 13.5 Å². The first kappa shape index (κ1) is 15.9. The molecule has 3 rings (SSSR count). The lowest BCUT2D eigenvalue weighted by atomic mass is 9.64. The average Bonchev–Trinajstić information content (AvgIpc) is 2.66. The zero-order valence-electron chi connectivity index (χ0n) is 12.1. The van der Waals surface area contributed by atoms with Crippen molar-refractivity contribution in [3.63, 3.8) is 0 Å². The fourth-order valence-electron chi connectivity index (χ4n) is 3.31. The van der Waals surface area contributed by atoms with Crippen molar-refractivity contribution in [2.45, 2.75) is 37.4 Å². The summed E-state index contributed by atoms with van der Waals surface area (Å²) in [6.45, 7) is -1.89. The quantitative estimate of drug-likeness (QED) is 0.795. The topological polar surface area (TPSA) is 24.5 Å². The van der Waals surface area contributed by atoms with E-state index in [0.717, 1.165) is 16.8 Å². The van der Waals surface area contributed by atoms with Gasteiger partial charge in [0.15, 0.2) is 0 Å². The van der Waals surface area contributed by atoms with Crippen LogP contribution >= 0.6 is 0 Å². The number of ether oxygens (including phenoxy) is 1. The van der Waals surface area contributed by atoms with E-state index in [1.54, 1.807) is 0 Å². The molecule has 1 aromatic carbocycles. The van der Waals surface area contributed by atoms with Gasteiger partial charge in [0.25, 0.3) is 0 Å². The molecule has 2 aliphatic rings. The smallest absolute Gasteiger partial charge is 0.345 e. The van der Waals surface area contributed by atoms with E-state index in [1.165, 1.54) is 0 Å². The fourth-order valence-corrected chi connectivity index (χ4v) is 3.31. The van der Waals surface area contributed by atoms with Crippen LogP contribution in [0.25, 0.3) is 0 Å². The molecule has 0 saturated heterocycles. The van der Waals surface area contributed by atoms with E-state index in [4.69, 9.17) is 23.5 Å². The van der Waals surface area contributed by atoms with Gasteiger partial charge >= 0.3 is 6.61 Å². The van der Waals surface area contributed by atoms with Crippen molar-refractivity contribution in [2.75, 3.05) is 18.1 Å². The summed E-state index contributed by atoms with van der Waals surface area (Å²) in [7, 11) is 18.5. The lowest BCUT2D eigenvalue weighted by Crippen LogP contribution is -2.53. The number of halogens is 2. The summed E-state index contributed by atoms with van der Waals surface area (Å²) in [5, 5.41) is 3.23. The van der Waals surface area contributed by atoms with E-state index in [0.29, 0.717) is 25.0 Å². The Morgan fingerprint density at radius 1 is 1.36 bits per heavy atom. The lowest BCUT2D eigenvalue weighted by molar-refractivity contribution is -0.132. The van der Waals surface area contributed by atoms with Crippen LogP contribution in [0.1, 0.15) is 11.1 Å². The van der Waals surface area contributed by atoms with Crippen LogP contribution < -0.4 is 15.7 Å². The third-order valence-corrected chi connectivity index (χ3v) is 4.37. The molecule has 0 saturated carbocycles. The Kier molecular flexibility index (Phi) is 4.50. The monoisotopic (exact) mass is 298 g/mol. The molecule has 0 amide bonds. The summed E-state index contributed by atoms with van der Waals surface area (Å²) in [5.41, 5.74) is 3.57. The van der Waals surface area contributed by atoms with E-state index in [9.17, 15) is 8.78 Å². The molecule has 6 radical (unpaired) electrons. The van der Waals surface area contributed by atoms with E-state index in [1.807, 2.05) is 17.0 Å². The minimum atomic E-state index is -2.81. The van der Waals surface area contributed by atoms with E-state index in [2.05, 4.69) is 10.1 Å². The maximum absolute atomic E-state index is 12.4. The minimum absolute atomic E-state index is 0.126. The number of nitrogens with zero attached hydrogens (tertiary/aromatic N) is 1. The molecular formula is C14H15B3F2N2O. The van der Waals surface area contributed by atoms with Gasteiger partial charge in [-0.3, -0.25) is 0 Å². The fraction of sp³-hybridized carbons (Fsp3) is 0.571. The summed E-state index contributed by atoms with van der Waals surface area (Å²) in [6.07, 6.45) is 0.642. The van der Waals surface area contributed by atoms with Crippen molar-refractivity contribution in [1.29, 1.82) is 0 Å². The molecule has 3 nitrogen and oxygen atoms in total. The van der Waals surface area contributed by atoms with E-state index in [-0.39, 0.29) is 18.5 Å². The predicted molar refractivity (Wildman–Crippen MR) is 84.5 cm³/mol. The zero-order chi connectivity index (χ0) is 15.9. The molecule has 0 bridgehead atoms. The number of benzene rings is 1. The molecule has 22 heavy (non-hydrogen) atoms. The molecule has 2 aliphatic heterocycles. The number of hydrogen-bond donors (Lipinski definition) is 1. The Hall–Kier alpha value is -1.01. The van der Waals surface area contributed by atoms with Gasteiger partial charge < -0.3 is 15.0 Å². The van der Waals surface area contributed by atoms with Gasteiger partial charge in [0.1, 0.15) is 7.85 Å². The van der Waals surface area contributed by atoms with Gasteiger partial charge in [-0.1, -0.05) is 23.4 Å². The molecule has 3 unspecified atom stereocenters. The normalized spacial score (nSPS) is 27.6. The van der Waals surface area contributed by atoms with E-state index < -0.39 is 12.6 Å². The highest BCUT2D eigenvalue weighted by atomic mass is 19.3. The summed E-state index contributed by atoms with van der Waals surface area (Å²) >= 11 is 0. The first-order valence-corrected chi connectivity index (χ1v) is 7.29. The van der Waals surface area contributed by atoms with Crippen LogP contribution in [-0.4, -0.2) is 55.3 Å². The van der Waals surface area contributed by atoms with Crippen LogP contribution in [0, 0.1) is 0 Å². The second-order valence-electron chi connectivity index (χ2n) is 5.79. The van der Waals surface area contributed by atoms with Gasteiger partial charge in [-0.05, 0) is 23.5 Å². The number of nitrogens with one attached hydrogen (secondary N) is 1. The van der Waals surface area contributed by atoms with Crippen molar-refractivity contribution >= 4 is 34.7 Å². The number of alkyl halides is 2. The predicted octanol–water partition coefficient (Wildman–Crippen LogP) is 0.00550. The van der Waals surface area contributed by atoms with E-state index >= 15 is 0 Å². The maximum atomic E-state index is 12.4. The highest BCUT2D eigenvalue weighted by molar-refractivity contribution is 6.34. The van der Waals surface area contributed by atoms with Crippen LogP contribution in [0.4, 0.5) is 14.5 Å². The summed E-state index contributed by atoms with van der Waals surface area (Å²) in [4.78, 5) is 1.90. The van der Waals surface area contributed by atoms with Gasteiger partial charge in [0, 0.05) is 18.8 Å². The molecule has 1 aromatic rings. The first-order valence-electron chi connectivity index (χ1n) is 7.29. The minimum Gasteiger partial charge on any atom is -0.371 e. The summed E-state index contributed by atoms with van der Waals surface area (Å²) in [5.74, 6) is -0.727. The maximum Gasteiger partial charge on any atom is 0.345 e. The molecule has 110 valence electrons. The average molecular weight is 298 g/mol. The van der Waals surface area contributed by atoms with Gasteiger partial charge in [0.05, 0.1) is 28.3 Å². The van der Waals surface area contributed by atoms with Crippen LogP contribution in [0.3, 0.4) is 0 Å². The van der Waals surface area contributed by atoms with Gasteiger partial charge in [-0.2, -0.15) is 8.78 Å². The Morgan fingerprint density at radius 3 is 2.86 bits per heavy atom. The second kappa shape index (κ2) is 6.24. The van der Waals surface area contributed by atoms with Crippen LogP contribution in [0.5, 0.6) is 0 Å². The molecule has 1 N–H and O–H groups in total. The molecular weight excluding hydrogens is 283 g/mol. The van der Waals surface area contributed by atoms with Crippen LogP contribution in [0.15, 0.2) is 12.1 Å². The number of anilines is 1. The van der Waals surface area contributed by atoms with Gasteiger partial charge in [0.2, 0.25) is 0 Å². The van der Waals surface area contributed by atoms with Crippen molar-refractivity contribution in [3.05, 3.63) is 23.3 Å². The summed E-state index contributed by atoms with van der Waals surface area (Å²) < 4.78 is 29.3. The SMILES string of the molecule is [B]c1ccc2c3c1CNCC(COC(F)F)N3C([B])C([B])C2. The largest absolute Gasteiger partial charge is 0.371 e. The molecule has 0 aromatic heterocycles. The number of hydrogen-bond acceptors (Lipinski definition) is 3. The second-order valence-corrected chi connectivity index (χ2v) is 5.79. The Labute approximate surface area is 133 Å². The van der Waals surface area contributed by atoms with Crippen LogP contribution in [-0.2, 0) is 17.7 Å². The van der Waals surface area contributed by atoms with Crippen LogP contribution in [0.2, 0.25) is 5.82 Å². The molecule has 0 fully saturated rings. The van der Waals surface area contributed by atoms with Gasteiger partial charge in [-0.15, -0.1) is 0 Å². The molecule has 2 heterocycles. The standard InChI is InChI=1S/C14H15B3F2N2O/c15-10-2-1-7-3-11(16)13(17)21-8(6-22-14(18)19)4-20-5-9(10)12(7)21/h1-2,8,11,13-14,20H,3-6H2. The van der Waals surface area contributed by atoms with Crippen molar-refractivity contribution in [2.24, 2.45) is 0 Å². The Balaban J connectivity index is 2.03. The Morgan fingerprint density at radius 2 is 2.14 bits per heavy atom. The van der Waals surface area contributed by atoms with Gasteiger partial charge in [-0.25, -0.2) is 0 Å². The molecule has 0 aliphatic carbocycles. The van der Waals surface area contributed by atoms with Crippen molar-refractivity contribution in [1.82, 2.24) is 5.32 Å². The third-order valence-electron chi connectivity index (χ3n) is 4.37. The Bertz CT molecular complexity index is 561. The molecule has 8 heteroatoms. The highest BCUT2D eigenvalue weighted by Crippen LogP contribution is 2.38.